The highest BCUT2D eigenvalue weighted by Gasteiger charge is 2.33. The van der Waals surface area contributed by atoms with E-state index in [1.807, 2.05) is 13.0 Å². The normalized spacial score (nSPS) is 22.1. The van der Waals surface area contributed by atoms with Gasteiger partial charge in [0.25, 0.3) is 0 Å². The standard InChI is InChI=1S/C9H12O2/c1-4-5-7-6-8(10)9(2,3)11-7/h4-6H,1-3H3/b5-4+. The van der Waals surface area contributed by atoms with Crippen LogP contribution in [0.4, 0.5) is 0 Å². The Morgan fingerprint density at radius 3 is 2.55 bits per heavy atom. The van der Waals surface area contributed by atoms with Crippen LogP contribution in [0.1, 0.15) is 20.8 Å². The summed E-state index contributed by atoms with van der Waals surface area (Å²) < 4.78 is 5.33. The van der Waals surface area contributed by atoms with Crippen molar-refractivity contribution in [2.24, 2.45) is 0 Å². The first-order valence-corrected chi connectivity index (χ1v) is 3.64. The maximum atomic E-state index is 11.1. The van der Waals surface area contributed by atoms with Gasteiger partial charge >= 0.3 is 0 Å². The summed E-state index contributed by atoms with van der Waals surface area (Å²) in [5.74, 6) is 0.688. The molecular formula is C9H12O2. The number of carbonyl (C=O) groups is 1. The molecule has 1 rings (SSSR count). The molecule has 0 aliphatic carbocycles. The van der Waals surface area contributed by atoms with Crippen molar-refractivity contribution < 1.29 is 9.53 Å². The fourth-order valence-electron chi connectivity index (χ4n) is 0.924. The van der Waals surface area contributed by atoms with E-state index in [-0.39, 0.29) is 5.78 Å². The predicted octanol–water partition coefficient (Wildman–Crippen LogP) is 1.82. The number of hydrogen-bond donors (Lipinski definition) is 0. The molecule has 0 fully saturated rings. The van der Waals surface area contributed by atoms with Crippen molar-refractivity contribution in [1.82, 2.24) is 0 Å². The van der Waals surface area contributed by atoms with E-state index >= 15 is 0 Å². The number of allylic oxidation sites excluding steroid dienone is 2. The summed E-state index contributed by atoms with van der Waals surface area (Å²) in [7, 11) is 0. The van der Waals surface area contributed by atoms with Gasteiger partial charge < -0.3 is 4.74 Å². The molecule has 0 aromatic carbocycles. The lowest BCUT2D eigenvalue weighted by Gasteiger charge is -2.16. The average Bonchev–Trinajstić information content (AvgIpc) is 2.08. The molecule has 11 heavy (non-hydrogen) atoms. The van der Waals surface area contributed by atoms with Gasteiger partial charge in [0.15, 0.2) is 5.60 Å². The van der Waals surface area contributed by atoms with Crippen LogP contribution in [0.2, 0.25) is 0 Å². The second-order valence-electron chi connectivity index (χ2n) is 3.02. The summed E-state index contributed by atoms with van der Waals surface area (Å²) in [6.07, 6.45) is 5.16. The molecule has 0 amide bonds. The summed E-state index contributed by atoms with van der Waals surface area (Å²) in [6, 6.07) is 0. The first-order chi connectivity index (χ1) is 5.06. The highest BCUT2D eigenvalue weighted by molar-refractivity contribution is 5.99. The van der Waals surface area contributed by atoms with Gasteiger partial charge in [0, 0.05) is 6.08 Å². The first-order valence-electron chi connectivity index (χ1n) is 3.64. The minimum atomic E-state index is -0.658. The topological polar surface area (TPSA) is 26.3 Å². The summed E-state index contributed by atoms with van der Waals surface area (Å²) in [5, 5.41) is 0. The number of ether oxygens (including phenoxy) is 1. The summed E-state index contributed by atoms with van der Waals surface area (Å²) >= 11 is 0. The highest BCUT2D eigenvalue weighted by Crippen LogP contribution is 2.24. The molecule has 0 N–H and O–H groups in total. The monoisotopic (exact) mass is 152 g/mol. The van der Waals surface area contributed by atoms with Crippen LogP contribution in [0, 0.1) is 0 Å². The van der Waals surface area contributed by atoms with Crippen molar-refractivity contribution in [2.75, 3.05) is 0 Å². The quantitative estimate of drug-likeness (QED) is 0.573. The van der Waals surface area contributed by atoms with E-state index in [1.165, 1.54) is 6.08 Å². The minimum Gasteiger partial charge on any atom is -0.480 e. The third-order valence-corrected chi connectivity index (χ3v) is 1.57. The predicted molar refractivity (Wildman–Crippen MR) is 43.1 cm³/mol. The smallest absolute Gasteiger partial charge is 0.202 e. The van der Waals surface area contributed by atoms with Gasteiger partial charge in [-0.25, -0.2) is 0 Å². The molecule has 1 aliphatic heterocycles. The van der Waals surface area contributed by atoms with Crippen LogP contribution in [0.5, 0.6) is 0 Å². The molecule has 1 heterocycles. The van der Waals surface area contributed by atoms with Crippen LogP contribution in [-0.4, -0.2) is 11.4 Å². The maximum Gasteiger partial charge on any atom is 0.202 e. The van der Waals surface area contributed by atoms with Gasteiger partial charge in [-0.2, -0.15) is 0 Å². The Kier molecular flexibility index (Phi) is 1.85. The van der Waals surface area contributed by atoms with E-state index in [0.29, 0.717) is 5.76 Å². The summed E-state index contributed by atoms with van der Waals surface area (Å²) in [5.41, 5.74) is -0.658. The molecule has 1 aliphatic rings. The summed E-state index contributed by atoms with van der Waals surface area (Å²) in [6.45, 7) is 5.42. The molecule has 0 saturated carbocycles. The van der Waals surface area contributed by atoms with Crippen molar-refractivity contribution in [3.05, 3.63) is 24.0 Å². The van der Waals surface area contributed by atoms with E-state index in [4.69, 9.17) is 4.74 Å². The van der Waals surface area contributed by atoms with Crippen molar-refractivity contribution in [3.63, 3.8) is 0 Å². The molecule has 0 aromatic rings. The fourth-order valence-corrected chi connectivity index (χ4v) is 0.924. The Bertz CT molecular complexity index is 234. The van der Waals surface area contributed by atoms with Gasteiger partial charge in [-0.05, 0) is 26.8 Å². The molecule has 0 aromatic heterocycles. The zero-order valence-electron chi connectivity index (χ0n) is 7.05. The van der Waals surface area contributed by atoms with Crippen molar-refractivity contribution in [2.45, 2.75) is 26.4 Å². The molecule has 0 atom stereocenters. The van der Waals surface area contributed by atoms with Crippen molar-refractivity contribution in [3.8, 4) is 0 Å². The SMILES string of the molecule is C/C=C/C1=CC(=O)C(C)(C)O1. The first kappa shape index (κ1) is 8.05. The molecule has 60 valence electrons. The average molecular weight is 152 g/mol. The molecule has 0 radical (unpaired) electrons. The Hall–Kier alpha value is -1.05. The third kappa shape index (κ3) is 1.50. The van der Waals surface area contributed by atoms with Gasteiger partial charge in [-0.15, -0.1) is 0 Å². The van der Waals surface area contributed by atoms with Crippen molar-refractivity contribution >= 4 is 5.78 Å². The molecule has 2 nitrogen and oxygen atoms in total. The van der Waals surface area contributed by atoms with E-state index in [0.717, 1.165) is 0 Å². The Morgan fingerprint density at radius 2 is 2.18 bits per heavy atom. The minimum absolute atomic E-state index is 0.0330. The van der Waals surface area contributed by atoms with E-state index in [2.05, 4.69) is 0 Å². The van der Waals surface area contributed by atoms with E-state index in [9.17, 15) is 4.79 Å². The lowest BCUT2D eigenvalue weighted by molar-refractivity contribution is -0.126. The van der Waals surface area contributed by atoms with E-state index < -0.39 is 5.60 Å². The third-order valence-electron chi connectivity index (χ3n) is 1.57. The summed E-state index contributed by atoms with van der Waals surface area (Å²) in [4.78, 5) is 11.1. The van der Waals surface area contributed by atoms with Gasteiger partial charge in [-0.1, -0.05) is 6.08 Å². The largest absolute Gasteiger partial charge is 0.480 e. The Labute approximate surface area is 66.5 Å². The van der Waals surface area contributed by atoms with Gasteiger partial charge in [-0.3, -0.25) is 4.79 Å². The lowest BCUT2D eigenvalue weighted by Crippen LogP contribution is -2.27. The van der Waals surface area contributed by atoms with E-state index in [1.54, 1.807) is 19.9 Å². The van der Waals surface area contributed by atoms with Crippen molar-refractivity contribution in [1.29, 1.82) is 0 Å². The van der Waals surface area contributed by atoms with Crippen LogP contribution in [0.25, 0.3) is 0 Å². The Balaban J connectivity index is 2.79. The van der Waals surface area contributed by atoms with Crippen LogP contribution >= 0.6 is 0 Å². The lowest BCUT2D eigenvalue weighted by atomic mass is 10.1. The number of rotatable bonds is 1. The van der Waals surface area contributed by atoms with Gasteiger partial charge in [0.05, 0.1) is 0 Å². The maximum absolute atomic E-state index is 11.1. The van der Waals surface area contributed by atoms with Gasteiger partial charge in [0.1, 0.15) is 5.76 Å². The zero-order chi connectivity index (χ0) is 8.48. The van der Waals surface area contributed by atoms with Crippen LogP contribution in [0.15, 0.2) is 24.0 Å². The zero-order valence-corrected chi connectivity index (χ0v) is 7.05. The highest BCUT2D eigenvalue weighted by atomic mass is 16.5. The molecule has 0 bridgehead atoms. The van der Waals surface area contributed by atoms with Crippen LogP contribution in [-0.2, 0) is 9.53 Å². The second kappa shape index (κ2) is 2.53. The van der Waals surface area contributed by atoms with Gasteiger partial charge in [0.2, 0.25) is 5.78 Å². The molecular weight excluding hydrogens is 140 g/mol. The number of hydrogen-bond acceptors (Lipinski definition) is 2. The fraction of sp³-hybridized carbons (Fsp3) is 0.444. The molecule has 0 unspecified atom stereocenters. The number of carbonyl (C=O) groups excluding carboxylic acids is 1. The van der Waals surface area contributed by atoms with Crippen LogP contribution < -0.4 is 0 Å². The van der Waals surface area contributed by atoms with Crippen LogP contribution in [0.3, 0.4) is 0 Å². The molecule has 2 heteroatoms. The number of ketones is 1. The second-order valence-corrected chi connectivity index (χ2v) is 3.02. The molecule has 0 spiro atoms. The molecule has 0 saturated heterocycles. The Morgan fingerprint density at radius 1 is 1.55 bits per heavy atom.